The summed E-state index contributed by atoms with van der Waals surface area (Å²) in [6.45, 7) is 2.44. The third-order valence-electron chi connectivity index (χ3n) is 4.59. The molecule has 0 spiro atoms. The molecule has 10 nitrogen and oxygen atoms in total. The highest BCUT2D eigenvalue weighted by Gasteiger charge is 2.34. The zero-order valence-electron chi connectivity index (χ0n) is 16.6. The van der Waals surface area contributed by atoms with E-state index in [1.54, 1.807) is 6.07 Å². The van der Waals surface area contributed by atoms with Gasteiger partial charge in [-0.05, 0) is 18.2 Å². The molecule has 162 valence electrons. The number of cyclic esters (lactones) is 1. The normalized spacial score (nSPS) is 20.4. The monoisotopic (exact) mass is 422 g/mol. The Morgan fingerprint density at radius 1 is 1.37 bits per heavy atom. The molecule has 1 aromatic rings. The fourth-order valence-electron chi connectivity index (χ4n) is 3.07. The van der Waals surface area contributed by atoms with Gasteiger partial charge >= 0.3 is 6.09 Å². The van der Waals surface area contributed by atoms with E-state index in [0.717, 1.165) is 0 Å². The minimum Gasteiger partial charge on any atom is -0.442 e. The van der Waals surface area contributed by atoms with Gasteiger partial charge in [0.25, 0.3) is 5.91 Å². The van der Waals surface area contributed by atoms with Crippen LogP contribution in [0.3, 0.4) is 0 Å². The number of benzene rings is 1. The molecule has 3 rings (SSSR count). The van der Waals surface area contributed by atoms with E-state index in [4.69, 9.17) is 14.3 Å². The average molecular weight is 422 g/mol. The van der Waals surface area contributed by atoms with Crippen molar-refractivity contribution in [2.75, 3.05) is 38.3 Å². The van der Waals surface area contributed by atoms with Gasteiger partial charge < -0.3 is 24.9 Å². The third-order valence-corrected chi connectivity index (χ3v) is 4.59. The van der Waals surface area contributed by atoms with E-state index in [9.17, 15) is 18.8 Å². The minimum absolute atomic E-state index is 0.125. The number of carbonyl (C=O) groups excluding carboxylic acids is 3. The van der Waals surface area contributed by atoms with Gasteiger partial charge in [0, 0.05) is 32.6 Å². The van der Waals surface area contributed by atoms with Gasteiger partial charge in [0.2, 0.25) is 12.0 Å². The standard InChI is InChI=1S/C19H23FN4O6/c1-11(25)22-9-13-10-24(19(27)29-13)12-3-4-14(15(20)7-12)16-8-17(30-23-16)18(26)21-5-6-28-2/h3-4,7,13,17H,5-6,8-10H2,1-2H3,(H,21,26)(H,22,25)/t13-,17?/m0/s1. The lowest BCUT2D eigenvalue weighted by Crippen LogP contribution is -2.36. The molecule has 11 heteroatoms. The number of nitrogens with zero attached hydrogens (tertiary/aromatic N) is 2. The second kappa shape index (κ2) is 9.53. The quantitative estimate of drug-likeness (QED) is 0.591. The van der Waals surface area contributed by atoms with E-state index < -0.39 is 24.1 Å². The van der Waals surface area contributed by atoms with Gasteiger partial charge in [-0.3, -0.25) is 14.5 Å². The first-order valence-electron chi connectivity index (χ1n) is 9.41. The van der Waals surface area contributed by atoms with Crippen LogP contribution in [0.2, 0.25) is 0 Å². The van der Waals surface area contributed by atoms with Crippen molar-refractivity contribution >= 4 is 29.3 Å². The zero-order chi connectivity index (χ0) is 21.7. The van der Waals surface area contributed by atoms with Gasteiger partial charge in [-0.1, -0.05) is 5.16 Å². The summed E-state index contributed by atoms with van der Waals surface area (Å²) >= 11 is 0. The van der Waals surface area contributed by atoms with E-state index in [1.807, 2.05) is 0 Å². The van der Waals surface area contributed by atoms with Crippen molar-refractivity contribution in [2.24, 2.45) is 5.16 Å². The van der Waals surface area contributed by atoms with Crippen molar-refractivity contribution < 1.29 is 33.1 Å². The third kappa shape index (κ3) is 5.03. The number of anilines is 1. The number of oxime groups is 1. The van der Waals surface area contributed by atoms with E-state index in [2.05, 4.69) is 15.8 Å². The Morgan fingerprint density at radius 3 is 2.87 bits per heavy atom. The van der Waals surface area contributed by atoms with Crippen molar-refractivity contribution in [2.45, 2.75) is 25.6 Å². The summed E-state index contributed by atoms with van der Waals surface area (Å²) in [6, 6.07) is 4.24. The van der Waals surface area contributed by atoms with Gasteiger partial charge in [0.05, 0.1) is 31.1 Å². The number of ether oxygens (including phenoxy) is 2. The number of hydrogen-bond acceptors (Lipinski definition) is 7. The predicted molar refractivity (Wildman–Crippen MR) is 104 cm³/mol. The zero-order valence-corrected chi connectivity index (χ0v) is 16.6. The summed E-state index contributed by atoms with van der Waals surface area (Å²) in [5.41, 5.74) is 0.812. The van der Waals surface area contributed by atoms with Crippen LogP contribution >= 0.6 is 0 Å². The van der Waals surface area contributed by atoms with Crippen LogP contribution in [-0.2, 0) is 23.9 Å². The van der Waals surface area contributed by atoms with E-state index in [-0.39, 0.29) is 36.9 Å². The highest BCUT2D eigenvalue weighted by atomic mass is 19.1. The lowest BCUT2D eigenvalue weighted by Gasteiger charge is -2.14. The van der Waals surface area contributed by atoms with Crippen LogP contribution in [0.4, 0.5) is 14.9 Å². The number of methoxy groups -OCH3 is 1. The molecule has 2 N–H and O–H groups in total. The highest BCUT2D eigenvalue weighted by Crippen LogP contribution is 2.26. The molecule has 1 fully saturated rings. The maximum absolute atomic E-state index is 14.7. The fourth-order valence-corrected chi connectivity index (χ4v) is 3.07. The van der Waals surface area contributed by atoms with Crippen LogP contribution in [0.15, 0.2) is 23.4 Å². The second-order valence-electron chi connectivity index (χ2n) is 6.84. The van der Waals surface area contributed by atoms with Gasteiger partial charge in [-0.2, -0.15) is 0 Å². The Labute approximate surface area is 172 Å². The number of nitrogens with one attached hydrogen (secondary N) is 2. The van der Waals surface area contributed by atoms with E-state index >= 15 is 0 Å². The number of rotatable bonds is 8. The molecule has 2 aliphatic rings. The van der Waals surface area contributed by atoms with Crippen molar-refractivity contribution in [1.82, 2.24) is 10.6 Å². The van der Waals surface area contributed by atoms with Crippen molar-refractivity contribution in [1.29, 1.82) is 0 Å². The van der Waals surface area contributed by atoms with Crippen LogP contribution in [0, 0.1) is 5.82 Å². The Bertz CT molecular complexity index is 861. The minimum atomic E-state index is -0.834. The Hall–Kier alpha value is -3.21. The maximum Gasteiger partial charge on any atom is 0.414 e. The lowest BCUT2D eigenvalue weighted by atomic mass is 10.0. The lowest BCUT2D eigenvalue weighted by molar-refractivity contribution is -0.131. The van der Waals surface area contributed by atoms with Gasteiger partial charge in [-0.15, -0.1) is 0 Å². The average Bonchev–Trinajstić information content (AvgIpc) is 3.33. The molecule has 0 saturated carbocycles. The molecule has 2 atom stereocenters. The molecule has 3 amide bonds. The second-order valence-corrected chi connectivity index (χ2v) is 6.84. The summed E-state index contributed by atoms with van der Waals surface area (Å²) in [5.74, 6) is -1.19. The van der Waals surface area contributed by atoms with Crippen LogP contribution in [0.1, 0.15) is 18.9 Å². The highest BCUT2D eigenvalue weighted by molar-refractivity contribution is 6.04. The first-order chi connectivity index (χ1) is 14.4. The molecule has 0 aromatic heterocycles. The van der Waals surface area contributed by atoms with E-state index in [0.29, 0.717) is 24.6 Å². The Morgan fingerprint density at radius 2 is 2.17 bits per heavy atom. The molecule has 1 saturated heterocycles. The summed E-state index contributed by atoms with van der Waals surface area (Å²) < 4.78 is 24.8. The molecule has 1 aromatic carbocycles. The Balaban J connectivity index is 1.61. The molecular formula is C19H23FN4O6. The van der Waals surface area contributed by atoms with Crippen molar-refractivity contribution in [3.63, 3.8) is 0 Å². The van der Waals surface area contributed by atoms with Crippen LogP contribution < -0.4 is 15.5 Å². The largest absolute Gasteiger partial charge is 0.442 e. The number of hydrogen-bond donors (Lipinski definition) is 2. The molecule has 30 heavy (non-hydrogen) atoms. The van der Waals surface area contributed by atoms with Crippen LogP contribution in [0.25, 0.3) is 0 Å². The van der Waals surface area contributed by atoms with Gasteiger partial charge in [0.15, 0.2) is 0 Å². The first kappa shape index (κ1) is 21.5. The molecule has 1 unspecified atom stereocenters. The van der Waals surface area contributed by atoms with Crippen molar-refractivity contribution in [3.05, 3.63) is 29.6 Å². The summed E-state index contributed by atoms with van der Waals surface area (Å²) in [6.07, 6.45) is -1.85. The number of halogens is 1. The van der Waals surface area contributed by atoms with Crippen LogP contribution in [0.5, 0.6) is 0 Å². The Kier molecular flexibility index (Phi) is 6.83. The number of carbonyl (C=O) groups is 3. The maximum atomic E-state index is 14.7. The van der Waals surface area contributed by atoms with Crippen molar-refractivity contribution in [3.8, 4) is 0 Å². The molecular weight excluding hydrogens is 399 g/mol. The predicted octanol–water partition coefficient (Wildman–Crippen LogP) is 0.543. The summed E-state index contributed by atoms with van der Waals surface area (Å²) in [5, 5.41) is 9.06. The summed E-state index contributed by atoms with van der Waals surface area (Å²) in [4.78, 5) is 41.5. The summed E-state index contributed by atoms with van der Waals surface area (Å²) in [7, 11) is 1.52. The molecule has 2 heterocycles. The van der Waals surface area contributed by atoms with Gasteiger partial charge in [0.1, 0.15) is 11.9 Å². The molecule has 0 aliphatic carbocycles. The van der Waals surface area contributed by atoms with E-state index in [1.165, 1.54) is 31.1 Å². The van der Waals surface area contributed by atoms with Gasteiger partial charge in [-0.25, -0.2) is 9.18 Å². The van der Waals surface area contributed by atoms with Crippen LogP contribution in [-0.4, -0.2) is 69.2 Å². The molecule has 0 radical (unpaired) electrons. The molecule has 2 aliphatic heterocycles. The SMILES string of the molecule is COCCNC(=O)C1CC(c2ccc(N3C[C@H](CNC(C)=O)OC3=O)cc2F)=NO1. The fraction of sp³-hybridized carbons (Fsp3) is 0.474. The number of amides is 3. The topological polar surface area (TPSA) is 119 Å². The smallest absolute Gasteiger partial charge is 0.414 e. The first-order valence-corrected chi connectivity index (χ1v) is 9.41. The molecule has 0 bridgehead atoms.